The summed E-state index contributed by atoms with van der Waals surface area (Å²) in [6.07, 6.45) is 3.30. The van der Waals surface area contributed by atoms with Gasteiger partial charge < -0.3 is 10.1 Å². The van der Waals surface area contributed by atoms with Crippen molar-refractivity contribution in [1.29, 1.82) is 0 Å². The lowest BCUT2D eigenvalue weighted by atomic mass is 9.98. The first-order valence-corrected chi connectivity index (χ1v) is 8.15. The zero-order valence-electron chi connectivity index (χ0n) is 12.2. The standard InChI is InChI=1S/C17H10N4O2S/c22-12-3-2-11-15(10-5-6-24-16(10)17(23)20-11)14(12)9-1-4-13-18-8-19-21(13)7-9/h1-8,22H,(H,20,23). The first-order chi connectivity index (χ1) is 11.7. The van der Waals surface area contributed by atoms with Crippen molar-refractivity contribution >= 4 is 38.0 Å². The number of pyridine rings is 2. The molecule has 0 radical (unpaired) electrons. The Bertz CT molecular complexity index is 1300. The van der Waals surface area contributed by atoms with Gasteiger partial charge in [0.1, 0.15) is 16.8 Å². The Morgan fingerprint density at radius 1 is 1.17 bits per heavy atom. The molecule has 5 aromatic rings. The quantitative estimate of drug-likeness (QED) is 0.493. The average molecular weight is 334 g/mol. The minimum atomic E-state index is -0.115. The van der Waals surface area contributed by atoms with Crippen molar-refractivity contribution in [2.24, 2.45) is 0 Å². The molecular formula is C17H10N4O2S. The van der Waals surface area contributed by atoms with Gasteiger partial charge in [-0.2, -0.15) is 5.10 Å². The molecule has 2 N–H and O–H groups in total. The molecule has 0 saturated heterocycles. The van der Waals surface area contributed by atoms with Gasteiger partial charge in [0.25, 0.3) is 5.56 Å². The molecule has 0 bridgehead atoms. The number of thiophene rings is 1. The fourth-order valence-corrected chi connectivity index (χ4v) is 3.89. The van der Waals surface area contributed by atoms with E-state index in [1.165, 1.54) is 17.7 Å². The zero-order chi connectivity index (χ0) is 16.3. The first-order valence-electron chi connectivity index (χ1n) is 7.27. The van der Waals surface area contributed by atoms with E-state index >= 15 is 0 Å². The van der Waals surface area contributed by atoms with Crippen molar-refractivity contribution < 1.29 is 5.11 Å². The van der Waals surface area contributed by atoms with Crippen molar-refractivity contribution in [2.45, 2.75) is 0 Å². The lowest BCUT2D eigenvalue weighted by molar-refractivity contribution is 0.478. The topological polar surface area (TPSA) is 83.3 Å². The third-order valence-corrected chi connectivity index (χ3v) is 5.05. The van der Waals surface area contributed by atoms with Crippen LogP contribution in [0, 0.1) is 0 Å². The summed E-state index contributed by atoms with van der Waals surface area (Å²) < 4.78 is 2.31. The molecule has 5 rings (SSSR count). The van der Waals surface area contributed by atoms with Crippen molar-refractivity contribution in [3.05, 3.63) is 58.6 Å². The highest BCUT2D eigenvalue weighted by Gasteiger charge is 2.16. The maximum atomic E-state index is 12.2. The summed E-state index contributed by atoms with van der Waals surface area (Å²) in [4.78, 5) is 19.2. The van der Waals surface area contributed by atoms with E-state index in [-0.39, 0.29) is 11.3 Å². The van der Waals surface area contributed by atoms with Crippen molar-refractivity contribution in [3.63, 3.8) is 0 Å². The van der Waals surface area contributed by atoms with Gasteiger partial charge in [-0.05, 0) is 35.7 Å². The molecule has 0 saturated carbocycles. The van der Waals surface area contributed by atoms with Crippen LogP contribution in [0.3, 0.4) is 0 Å². The molecule has 7 heteroatoms. The van der Waals surface area contributed by atoms with Gasteiger partial charge in [-0.25, -0.2) is 9.50 Å². The van der Waals surface area contributed by atoms with Crippen LogP contribution >= 0.6 is 11.3 Å². The summed E-state index contributed by atoms with van der Waals surface area (Å²) in [5.41, 5.74) is 2.78. The predicted molar refractivity (Wildman–Crippen MR) is 93.6 cm³/mol. The summed E-state index contributed by atoms with van der Waals surface area (Å²) in [5.74, 6) is 0.154. The summed E-state index contributed by atoms with van der Waals surface area (Å²) in [5, 5.41) is 18.2. The normalized spacial score (nSPS) is 11.7. The monoisotopic (exact) mass is 334 g/mol. The Balaban J connectivity index is 1.98. The number of phenols is 1. The Hall–Kier alpha value is -3.19. The Morgan fingerprint density at radius 3 is 3.00 bits per heavy atom. The molecule has 0 aliphatic heterocycles. The van der Waals surface area contributed by atoms with Crippen LogP contribution in [-0.4, -0.2) is 24.7 Å². The average Bonchev–Trinajstić information content (AvgIpc) is 3.24. The summed E-state index contributed by atoms with van der Waals surface area (Å²) >= 11 is 1.39. The number of fused-ring (bicyclic) bond motifs is 4. The Morgan fingerprint density at radius 2 is 2.08 bits per heavy atom. The molecular weight excluding hydrogens is 324 g/mol. The van der Waals surface area contributed by atoms with Gasteiger partial charge in [-0.3, -0.25) is 4.79 Å². The number of nitrogens with zero attached hydrogens (tertiary/aromatic N) is 3. The number of H-pyrrole nitrogens is 1. The zero-order valence-corrected chi connectivity index (χ0v) is 13.0. The van der Waals surface area contributed by atoms with Gasteiger partial charge in [0.05, 0.1) is 0 Å². The highest BCUT2D eigenvalue weighted by molar-refractivity contribution is 7.17. The molecule has 0 amide bonds. The van der Waals surface area contributed by atoms with E-state index in [1.54, 1.807) is 16.6 Å². The highest BCUT2D eigenvalue weighted by Crippen LogP contribution is 2.39. The smallest absolute Gasteiger partial charge is 0.266 e. The van der Waals surface area contributed by atoms with E-state index in [0.717, 1.165) is 22.0 Å². The van der Waals surface area contributed by atoms with Crippen LogP contribution in [0.1, 0.15) is 0 Å². The molecule has 0 unspecified atom stereocenters. The van der Waals surface area contributed by atoms with Crippen LogP contribution < -0.4 is 5.56 Å². The fraction of sp³-hybridized carbons (Fsp3) is 0. The maximum absolute atomic E-state index is 12.2. The number of nitrogens with one attached hydrogen (secondary N) is 1. The first kappa shape index (κ1) is 13.3. The molecule has 0 atom stereocenters. The molecule has 4 heterocycles. The van der Waals surface area contributed by atoms with Crippen LogP contribution in [-0.2, 0) is 0 Å². The number of aromatic hydroxyl groups is 1. The number of aromatic amines is 1. The van der Waals surface area contributed by atoms with E-state index < -0.39 is 0 Å². The largest absolute Gasteiger partial charge is 0.507 e. The number of aromatic nitrogens is 4. The van der Waals surface area contributed by atoms with Gasteiger partial charge in [-0.15, -0.1) is 11.3 Å². The molecule has 24 heavy (non-hydrogen) atoms. The van der Waals surface area contributed by atoms with Crippen LogP contribution in [0.5, 0.6) is 5.75 Å². The molecule has 116 valence electrons. The van der Waals surface area contributed by atoms with Crippen molar-refractivity contribution in [1.82, 2.24) is 19.6 Å². The second-order valence-corrected chi connectivity index (χ2v) is 6.40. The third kappa shape index (κ3) is 1.73. The number of hydrogen-bond donors (Lipinski definition) is 2. The van der Waals surface area contributed by atoms with Gasteiger partial charge in [0.2, 0.25) is 0 Å². The molecule has 1 aromatic carbocycles. The minimum Gasteiger partial charge on any atom is -0.507 e. The summed E-state index contributed by atoms with van der Waals surface area (Å²) in [7, 11) is 0. The second kappa shape index (κ2) is 4.65. The predicted octanol–water partition coefficient (Wildman–Crippen LogP) is 3.16. The van der Waals surface area contributed by atoms with Crippen molar-refractivity contribution in [2.75, 3.05) is 0 Å². The molecule has 0 aliphatic rings. The maximum Gasteiger partial charge on any atom is 0.266 e. The van der Waals surface area contributed by atoms with E-state index in [1.807, 2.05) is 29.8 Å². The minimum absolute atomic E-state index is 0.115. The third-order valence-electron chi connectivity index (χ3n) is 4.14. The molecule has 0 aliphatic carbocycles. The van der Waals surface area contributed by atoms with Gasteiger partial charge >= 0.3 is 0 Å². The van der Waals surface area contributed by atoms with Crippen LogP contribution in [0.15, 0.2) is 53.0 Å². The van der Waals surface area contributed by atoms with Crippen molar-refractivity contribution in [3.8, 4) is 16.9 Å². The van der Waals surface area contributed by atoms with Crippen LogP contribution in [0.2, 0.25) is 0 Å². The van der Waals surface area contributed by atoms with E-state index in [9.17, 15) is 9.90 Å². The molecule has 0 spiro atoms. The number of rotatable bonds is 1. The molecule has 4 aromatic heterocycles. The van der Waals surface area contributed by atoms with E-state index in [0.29, 0.717) is 15.8 Å². The SMILES string of the molecule is O=c1[nH]c2ccc(O)c(-c3ccc4ncnn4c3)c2c2ccsc12. The number of hydrogen-bond acceptors (Lipinski definition) is 5. The lowest BCUT2D eigenvalue weighted by Crippen LogP contribution is -2.04. The van der Waals surface area contributed by atoms with E-state index in [2.05, 4.69) is 15.1 Å². The second-order valence-electron chi connectivity index (χ2n) is 5.48. The fourth-order valence-electron chi connectivity index (χ4n) is 3.09. The summed E-state index contributed by atoms with van der Waals surface area (Å²) in [6, 6.07) is 8.96. The summed E-state index contributed by atoms with van der Waals surface area (Å²) in [6.45, 7) is 0. The van der Waals surface area contributed by atoms with Gasteiger partial charge in [0, 0.05) is 33.6 Å². The lowest BCUT2D eigenvalue weighted by Gasteiger charge is -2.10. The highest BCUT2D eigenvalue weighted by atomic mass is 32.1. The Labute approximate surface area is 138 Å². The van der Waals surface area contributed by atoms with Gasteiger partial charge in [-0.1, -0.05) is 0 Å². The molecule has 0 fully saturated rings. The van der Waals surface area contributed by atoms with E-state index in [4.69, 9.17) is 0 Å². The Kier molecular flexibility index (Phi) is 2.57. The van der Waals surface area contributed by atoms with Gasteiger partial charge in [0.15, 0.2) is 5.65 Å². The molecule has 6 nitrogen and oxygen atoms in total. The van der Waals surface area contributed by atoms with Crippen LogP contribution in [0.4, 0.5) is 0 Å². The number of phenolic OH excluding ortho intramolecular Hbond substituents is 1. The number of benzene rings is 1. The van der Waals surface area contributed by atoms with Crippen LogP contribution in [0.25, 0.3) is 37.8 Å².